The second-order valence-electron chi connectivity index (χ2n) is 3.78. The molecule has 0 spiro atoms. The third-order valence-electron chi connectivity index (χ3n) is 2.60. The van der Waals surface area contributed by atoms with Crippen molar-refractivity contribution in [1.82, 2.24) is 0 Å². The van der Waals surface area contributed by atoms with Crippen molar-refractivity contribution in [3.8, 4) is 0 Å². The zero-order chi connectivity index (χ0) is 13.7. The van der Waals surface area contributed by atoms with Crippen molar-refractivity contribution < 1.29 is 30.0 Å². The van der Waals surface area contributed by atoms with E-state index in [9.17, 15) is 14.7 Å². The fourth-order valence-corrected chi connectivity index (χ4v) is 1.73. The van der Waals surface area contributed by atoms with Crippen LogP contribution in [0.3, 0.4) is 0 Å². The summed E-state index contributed by atoms with van der Waals surface area (Å²) in [5.41, 5.74) is 0.918. The second kappa shape index (κ2) is 6.13. The molecule has 6 nitrogen and oxygen atoms in total. The Hall–Kier alpha value is -1.92. The minimum Gasteiger partial charge on any atom is -0.481 e. The van der Waals surface area contributed by atoms with Gasteiger partial charge in [0.25, 0.3) is 0 Å². The summed E-state index contributed by atoms with van der Waals surface area (Å²) in [6, 6.07) is 4.49. The predicted octanol–water partition coefficient (Wildman–Crippen LogP) is 0.314. The number of carboxylic acid groups (broad SMARTS) is 2. The van der Waals surface area contributed by atoms with Crippen LogP contribution in [0.1, 0.15) is 29.2 Å². The Labute approximate surface area is 103 Å². The lowest BCUT2D eigenvalue weighted by atomic mass is 9.94. The zero-order valence-electron chi connectivity index (χ0n) is 9.54. The van der Waals surface area contributed by atoms with Gasteiger partial charge in [-0.3, -0.25) is 4.79 Å². The Morgan fingerprint density at radius 3 is 2.39 bits per heavy atom. The molecule has 0 aliphatic carbocycles. The lowest BCUT2D eigenvalue weighted by Gasteiger charge is -2.15. The van der Waals surface area contributed by atoms with Gasteiger partial charge < -0.3 is 20.4 Å². The molecular formula is C12H14O6. The second-order valence-corrected chi connectivity index (χ2v) is 3.78. The molecule has 0 aliphatic rings. The van der Waals surface area contributed by atoms with Crippen molar-refractivity contribution in [3.63, 3.8) is 0 Å². The average Bonchev–Trinajstić information content (AvgIpc) is 2.34. The Morgan fingerprint density at radius 2 is 1.89 bits per heavy atom. The first-order chi connectivity index (χ1) is 8.47. The van der Waals surface area contributed by atoms with Crippen LogP contribution in [-0.2, 0) is 22.6 Å². The van der Waals surface area contributed by atoms with Crippen molar-refractivity contribution >= 4 is 11.9 Å². The van der Waals surface area contributed by atoms with Crippen LogP contribution in [0, 0.1) is 0 Å². The van der Waals surface area contributed by atoms with E-state index in [0.717, 1.165) is 0 Å². The molecule has 6 heteroatoms. The molecule has 0 bridgehead atoms. The van der Waals surface area contributed by atoms with Crippen LogP contribution >= 0.6 is 0 Å². The maximum atomic E-state index is 10.8. The van der Waals surface area contributed by atoms with Gasteiger partial charge in [0.2, 0.25) is 0 Å². The molecule has 0 amide bonds. The molecule has 0 saturated carbocycles. The molecule has 0 heterocycles. The summed E-state index contributed by atoms with van der Waals surface area (Å²) < 4.78 is 0. The fraction of sp³-hybridized carbons (Fsp3) is 0.333. The molecular weight excluding hydrogens is 240 g/mol. The molecule has 1 aromatic carbocycles. The molecule has 0 saturated heterocycles. The minimum atomic E-state index is -1.72. The molecule has 18 heavy (non-hydrogen) atoms. The number of aliphatic hydroxyl groups is 2. The first-order valence-electron chi connectivity index (χ1n) is 5.31. The highest BCUT2D eigenvalue weighted by atomic mass is 16.4. The van der Waals surface area contributed by atoms with Gasteiger partial charge in [-0.15, -0.1) is 0 Å². The van der Waals surface area contributed by atoms with Gasteiger partial charge in [0, 0.05) is 6.42 Å². The van der Waals surface area contributed by atoms with Gasteiger partial charge in [0.1, 0.15) is 0 Å². The summed E-state index contributed by atoms with van der Waals surface area (Å²) >= 11 is 0. The fourth-order valence-electron chi connectivity index (χ4n) is 1.73. The summed E-state index contributed by atoms with van der Waals surface area (Å²) in [5, 5.41) is 36.1. The van der Waals surface area contributed by atoms with Crippen molar-refractivity contribution in [3.05, 3.63) is 34.9 Å². The number of carbonyl (C=O) groups is 2. The first kappa shape index (κ1) is 14.1. The van der Waals surface area contributed by atoms with Crippen LogP contribution in [-0.4, -0.2) is 32.4 Å². The van der Waals surface area contributed by atoms with Gasteiger partial charge >= 0.3 is 11.9 Å². The van der Waals surface area contributed by atoms with Gasteiger partial charge in [-0.25, -0.2) is 4.79 Å². The number of aliphatic carboxylic acids is 2. The standard InChI is InChI=1S/C12H14O6/c13-6-7-2-1-3-9(11(16)12(17)18)8(7)4-5-10(14)15/h1-3,11,13,16H,4-6H2,(H,14,15)(H,17,18). The number of benzene rings is 1. The van der Waals surface area contributed by atoms with E-state index in [4.69, 9.17) is 15.3 Å². The summed E-state index contributed by atoms with van der Waals surface area (Å²) in [4.78, 5) is 21.3. The highest BCUT2D eigenvalue weighted by molar-refractivity contribution is 5.75. The van der Waals surface area contributed by atoms with Gasteiger partial charge in [-0.05, 0) is 23.1 Å². The quantitative estimate of drug-likeness (QED) is 0.581. The Morgan fingerprint density at radius 1 is 1.22 bits per heavy atom. The molecule has 1 aromatic rings. The van der Waals surface area contributed by atoms with Crippen LogP contribution < -0.4 is 0 Å². The van der Waals surface area contributed by atoms with Crippen molar-refractivity contribution in [2.24, 2.45) is 0 Å². The van der Waals surface area contributed by atoms with E-state index in [1.807, 2.05) is 0 Å². The summed E-state index contributed by atoms with van der Waals surface area (Å²) in [5.74, 6) is -2.44. The molecule has 1 unspecified atom stereocenters. The number of aliphatic hydroxyl groups excluding tert-OH is 2. The van der Waals surface area contributed by atoms with Gasteiger partial charge in [-0.1, -0.05) is 18.2 Å². The summed E-state index contributed by atoms with van der Waals surface area (Å²) in [6.07, 6.45) is -1.86. The molecule has 1 rings (SSSR count). The Kier molecular flexibility index (Phi) is 4.82. The lowest BCUT2D eigenvalue weighted by molar-refractivity contribution is -0.147. The van der Waals surface area contributed by atoms with E-state index < -0.39 is 18.0 Å². The molecule has 4 N–H and O–H groups in total. The largest absolute Gasteiger partial charge is 0.481 e. The zero-order valence-corrected chi connectivity index (χ0v) is 9.54. The van der Waals surface area contributed by atoms with E-state index >= 15 is 0 Å². The summed E-state index contributed by atoms with van der Waals surface area (Å²) in [7, 11) is 0. The predicted molar refractivity (Wildman–Crippen MR) is 60.9 cm³/mol. The van der Waals surface area contributed by atoms with Crippen molar-refractivity contribution in [1.29, 1.82) is 0 Å². The van der Waals surface area contributed by atoms with Crippen LogP contribution in [0.25, 0.3) is 0 Å². The number of hydrogen-bond donors (Lipinski definition) is 4. The van der Waals surface area contributed by atoms with E-state index in [1.165, 1.54) is 12.1 Å². The monoisotopic (exact) mass is 254 g/mol. The molecule has 0 fully saturated rings. The van der Waals surface area contributed by atoms with E-state index in [1.54, 1.807) is 6.07 Å². The third-order valence-corrected chi connectivity index (χ3v) is 2.60. The van der Waals surface area contributed by atoms with Gasteiger partial charge in [0.05, 0.1) is 6.61 Å². The maximum absolute atomic E-state index is 10.8. The molecule has 0 aromatic heterocycles. The normalized spacial score (nSPS) is 12.1. The highest BCUT2D eigenvalue weighted by Gasteiger charge is 2.21. The van der Waals surface area contributed by atoms with Crippen LogP contribution in [0.2, 0.25) is 0 Å². The molecule has 0 radical (unpaired) electrons. The highest BCUT2D eigenvalue weighted by Crippen LogP contribution is 2.23. The smallest absolute Gasteiger partial charge is 0.337 e. The van der Waals surface area contributed by atoms with Gasteiger partial charge in [0.15, 0.2) is 6.10 Å². The Balaban J connectivity index is 3.15. The number of rotatable bonds is 6. The van der Waals surface area contributed by atoms with E-state index in [2.05, 4.69) is 0 Å². The molecule has 0 aliphatic heterocycles. The lowest BCUT2D eigenvalue weighted by Crippen LogP contribution is -2.15. The molecule has 98 valence electrons. The SMILES string of the molecule is O=C(O)CCc1c(CO)cccc1C(O)C(=O)O. The average molecular weight is 254 g/mol. The Bertz CT molecular complexity index is 454. The minimum absolute atomic E-state index is 0.0612. The van der Waals surface area contributed by atoms with Crippen LogP contribution in [0.15, 0.2) is 18.2 Å². The maximum Gasteiger partial charge on any atom is 0.337 e. The van der Waals surface area contributed by atoms with Crippen LogP contribution in [0.4, 0.5) is 0 Å². The van der Waals surface area contributed by atoms with Gasteiger partial charge in [-0.2, -0.15) is 0 Å². The topological polar surface area (TPSA) is 115 Å². The molecule has 1 atom stereocenters. The van der Waals surface area contributed by atoms with E-state index in [-0.39, 0.29) is 25.0 Å². The number of carboxylic acids is 2. The summed E-state index contributed by atoms with van der Waals surface area (Å²) in [6.45, 7) is -0.338. The van der Waals surface area contributed by atoms with Crippen molar-refractivity contribution in [2.45, 2.75) is 25.6 Å². The first-order valence-corrected chi connectivity index (χ1v) is 5.31. The van der Waals surface area contributed by atoms with E-state index in [0.29, 0.717) is 11.1 Å². The number of hydrogen-bond acceptors (Lipinski definition) is 4. The van der Waals surface area contributed by atoms with Crippen LogP contribution in [0.5, 0.6) is 0 Å². The third kappa shape index (κ3) is 3.28. The van der Waals surface area contributed by atoms with Crippen molar-refractivity contribution in [2.75, 3.05) is 0 Å².